The number of aryl methyl sites for hydroxylation is 2. The third kappa shape index (κ3) is 14.8. The highest BCUT2D eigenvalue weighted by Crippen LogP contribution is 2.48. The molecule has 10 rings (SSSR count). The second-order valence-corrected chi connectivity index (χ2v) is 25.9. The van der Waals surface area contributed by atoms with E-state index in [2.05, 4.69) is 29.7 Å². The van der Waals surface area contributed by atoms with Gasteiger partial charge in [-0.1, -0.05) is 84.4 Å². The number of methoxy groups -OCH3 is 1. The summed E-state index contributed by atoms with van der Waals surface area (Å²) in [5.74, 6) is 1.35. The van der Waals surface area contributed by atoms with Crippen LogP contribution in [0.4, 0.5) is 11.4 Å². The first kappa shape index (κ1) is 57.5. The number of unbranched alkanes of at least 4 members (excludes halogenated alkanes) is 3. The van der Waals surface area contributed by atoms with Gasteiger partial charge in [0.1, 0.15) is 16.5 Å². The van der Waals surface area contributed by atoms with Gasteiger partial charge in [0.2, 0.25) is 17.0 Å². The summed E-state index contributed by atoms with van der Waals surface area (Å²) in [7, 11) is -11.3. The fourth-order valence-electron chi connectivity index (χ4n) is 9.38. The van der Waals surface area contributed by atoms with Gasteiger partial charge in [0.15, 0.2) is 18.8 Å². The second-order valence-electron chi connectivity index (χ2n) is 18.8. The minimum atomic E-state index is -4.36. The van der Waals surface area contributed by atoms with Gasteiger partial charge in [0.25, 0.3) is 10.5 Å². The van der Waals surface area contributed by atoms with E-state index in [4.69, 9.17) is 25.5 Å². The molecule has 0 fully saturated rings. The molecule has 8 aromatic rings. The summed E-state index contributed by atoms with van der Waals surface area (Å²) < 4.78 is 126. The van der Waals surface area contributed by atoms with Crippen LogP contribution in [0.2, 0.25) is 5.02 Å². The maximum Gasteiger partial charge on any atom is 0.379 e. The van der Waals surface area contributed by atoms with E-state index in [1.807, 2.05) is 128 Å². The van der Waals surface area contributed by atoms with Crippen LogP contribution >= 0.6 is 34.7 Å². The zero-order chi connectivity index (χ0) is 55.9. The van der Waals surface area contributed by atoms with Crippen LogP contribution in [0.15, 0.2) is 148 Å². The number of hydrogen-bond acceptors (Lipinski definition) is 16. The smallest absolute Gasteiger partial charge is 0.379 e. The fourth-order valence-corrected chi connectivity index (χ4v) is 13.4. The van der Waals surface area contributed by atoms with E-state index in [0.717, 1.165) is 96.0 Å². The van der Waals surface area contributed by atoms with Gasteiger partial charge in [-0.05, 0) is 104 Å². The molecule has 0 saturated heterocycles. The van der Waals surface area contributed by atoms with Crippen LogP contribution in [0.3, 0.4) is 0 Å². The number of anilines is 2. The second kappa shape index (κ2) is 25.1. The number of fused-ring (bicyclic) bond motifs is 4. The van der Waals surface area contributed by atoms with E-state index in [-0.39, 0.29) is 25.0 Å². The van der Waals surface area contributed by atoms with Gasteiger partial charge >= 0.3 is 5.89 Å². The first-order chi connectivity index (χ1) is 37.8. The van der Waals surface area contributed by atoms with Crippen molar-refractivity contribution in [2.24, 2.45) is 0 Å². The summed E-state index contributed by atoms with van der Waals surface area (Å²) in [6, 6.07) is 37.3. The molecule has 0 bridgehead atoms. The monoisotopic (exact) mass is 1190 g/mol. The Bertz CT molecular complexity index is 3890. The molecule has 2 aliphatic heterocycles. The molecule has 5 heterocycles. The highest BCUT2D eigenvalue weighted by atomic mass is 35.5. The molecular weight excluding hydrogens is 1130 g/mol. The molecule has 416 valence electrons. The third-order valence-corrected chi connectivity index (χ3v) is 18.0. The Hall–Kier alpha value is -6.21. The Kier molecular flexibility index (Phi) is 18.2. The average molecular weight is 1190 g/mol. The van der Waals surface area contributed by atoms with Gasteiger partial charge in [-0.15, -0.1) is 0 Å². The molecule has 0 saturated carbocycles. The van der Waals surface area contributed by atoms with Crippen molar-refractivity contribution in [2.75, 3.05) is 47.3 Å². The molecule has 0 amide bonds. The third-order valence-electron chi connectivity index (χ3n) is 13.1. The zero-order valence-electron chi connectivity index (χ0n) is 43.2. The van der Waals surface area contributed by atoms with Gasteiger partial charge in [0, 0.05) is 71.6 Å². The molecule has 0 N–H and O–H groups in total. The van der Waals surface area contributed by atoms with Gasteiger partial charge in [-0.2, -0.15) is 9.13 Å². The van der Waals surface area contributed by atoms with E-state index in [1.165, 1.54) is 23.1 Å². The lowest BCUT2D eigenvalue weighted by atomic mass is 10.0. The molecule has 3 aromatic heterocycles. The predicted molar refractivity (Wildman–Crippen MR) is 306 cm³/mol. The van der Waals surface area contributed by atoms with Crippen LogP contribution in [-0.2, 0) is 43.4 Å². The van der Waals surface area contributed by atoms with Crippen LogP contribution in [0, 0.1) is 0 Å². The number of ether oxygens (including phenoxy) is 2. The number of aromatic nitrogens is 3. The first-order valence-corrected chi connectivity index (χ1v) is 32.3. The van der Waals surface area contributed by atoms with Crippen molar-refractivity contribution >= 4 is 110 Å². The molecule has 79 heavy (non-hydrogen) atoms. The maximum absolute atomic E-state index is 11.3. The minimum absolute atomic E-state index is 0.143. The molecule has 0 atom stereocenters. The van der Waals surface area contributed by atoms with Crippen molar-refractivity contribution < 1.29 is 61.9 Å². The maximum atomic E-state index is 11.3. The Morgan fingerprint density at radius 3 is 2.11 bits per heavy atom. The van der Waals surface area contributed by atoms with Crippen molar-refractivity contribution in [3.63, 3.8) is 0 Å². The fraction of sp³-hybridized carbons (Fsp3) is 0.286. The molecule has 17 nitrogen and oxygen atoms in total. The van der Waals surface area contributed by atoms with Crippen molar-refractivity contribution in [3.05, 3.63) is 154 Å². The van der Waals surface area contributed by atoms with Crippen LogP contribution in [0.5, 0.6) is 11.5 Å². The molecule has 0 radical (unpaired) electrons. The molecular formula is C56H57ClN5O12S5-. The van der Waals surface area contributed by atoms with E-state index < -0.39 is 41.9 Å². The first-order valence-electron chi connectivity index (χ1n) is 25.6. The normalized spacial score (nSPS) is 14.5. The van der Waals surface area contributed by atoms with E-state index in [9.17, 15) is 38.9 Å². The number of oxazole rings is 1. The lowest BCUT2D eigenvalue weighted by Gasteiger charge is -2.20. The summed E-state index contributed by atoms with van der Waals surface area (Å²) in [6.45, 7) is 4.04. The van der Waals surface area contributed by atoms with E-state index in [0.29, 0.717) is 48.6 Å². The molecule has 0 aliphatic carbocycles. The molecule has 5 aromatic carbocycles. The Balaban J connectivity index is 0.000000192. The number of nitrogens with zero attached hydrogens (tertiary/aromatic N) is 5. The summed E-state index contributed by atoms with van der Waals surface area (Å²) in [5.41, 5.74) is 7.35. The minimum Gasteiger partial charge on any atom is -0.748 e. The SMILES string of the molecule is CCCCC[n+]1c(C=C2Oc3ccc(-c4ccccc4)cc3N2CCCCS(=O)(=O)[O-])oc2ccc(OC)cc21.O=S(=O)([O-])CCCN1/C(=C/c2sc3ccc(-n4cccc4)cc3[n+]2CCCS(=O)(=O)[O-])Sc2ccc(Cl)cc21. The van der Waals surface area contributed by atoms with Gasteiger partial charge in [-0.25, -0.2) is 25.3 Å². The van der Waals surface area contributed by atoms with Crippen LogP contribution in [-0.4, -0.2) is 80.9 Å². The van der Waals surface area contributed by atoms with Crippen molar-refractivity contribution in [3.8, 4) is 28.3 Å². The number of hydrogen-bond donors (Lipinski definition) is 0. The van der Waals surface area contributed by atoms with Crippen LogP contribution in [0.25, 0.3) is 50.3 Å². The summed E-state index contributed by atoms with van der Waals surface area (Å²) in [4.78, 5) is 4.92. The van der Waals surface area contributed by atoms with Crippen LogP contribution in [0.1, 0.15) is 62.8 Å². The average Bonchev–Trinajstić information content (AvgIpc) is 4.47. The predicted octanol–water partition coefficient (Wildman–Crippen LogP) is 10.5. The largest absolute Gasteiger partial charge is 0.748 e. The number of halogens is 1. The number of rotatable bonds is 22. The highest BCUT2D eigenvalue weighted by Gasteiger charge is 2.32. The molecule has 0 unspecified atom stereocenters. The quantitative estimate of drug-likeness (QED) is 0.0350. The molecule has 2 aliphatic rings. The Morgan fingerprint density at radius 2 is 1.38 bits per heavy atom. The van der Waals surface area contributed by atoms with Crippen molar-refractivity contribution in [1.82, 2.24) is 4.57 Å². The van der Waals surface area contributed by atoms with Crippen molar-refractivity contribution in [1.29, 1.82) is 0 Å². The number of thiazole rings is 1. The summed E-state index contributed by atoms with van der Waals surface area (Å²) in [6.07, 6.45) is 12.0. The zero-order valence-corrected chi connectivity index (χ0v) is 48.1. The standard InChI is InChI=1S/C31H34N2O6S.C25H24ClN3O6S4/c1-3-4-8-17-33-27-21-25(37-2)14-16-29(27)39-31(33)22-30-32(18-9-10-19-40(34,35)36)26-20-24(13-15-28(26)38-30)23-11-6-5-7-12-23;26-18-5-7-22-20(15-18)28(11-3-13-38(30,31)32)24(36-22)17-25-29(12-4-14-39(33,34)35)21-16-19(6-8-23(21)37-25)27-9-1-2-10-27/h5-7,11-16,20-22H,3-4,8-10,17-19H2,1-2H3;1-2,5-10,15-17H,3-4,11-14H2,(H-,30,31,32,33,34,35)/p-1. The van der Waals surface area contributed by atoms with Gasteiger partial charge in [-0.3, -0.25) is 0 Å². The van der Waals surface area contributed by atoms with Gasteiger partial charge in [0.05, 0.1) is 71.7 Å². The lowest BCUT2D eigenvalue weighted by molar-refractivity contribution is -0.678. The topological polar surface area (TPSA) is 222 Å². The van der Waals surface area contributed by atoms with E-state index in [1.54, 1.807) is 19.2 Å². The molecule has 23 heteroatoms. The molecule has 0 spiro atoms. The summed E-state index contributed by atoms with van der Waals surface area (Å²) in [5, 5.41) is 2.18. The number of thioether (sulfide) groups is 1. The summed E-state index contributed by atoms with van der Waals surface area (Å²) >= 11 is 9.28. The number of benzene rings is 5. The van der Waals surface area contributed by atoms with Crippen molar-refractivity contribution in [2.45, 2.75) is 69.9 Å². The van der Waals surface area contributed by atoms with E-state index >= 15 is 0 Å². The van der Waals surface area contributed by atoms with Crippen LogP contribution < -0.4 is 28.4 Å². The lowest BCUT2D eigenvalue weighted by Crippen LogP contribution is -2.36. The Labute approximate surface area is 473 Å². The highest BCUT2D eigenvalue weighted by molar-refractivity contribution is 8.04. The van der Waals surface area contributed by atoms with Gasteiger partial charge < -0.3 is 41.9 Å². The Morgan fingerprint density at radius 1 is 0.658 bits per heavy atom.